The first kappa shape index (κ1) is 14.2. The molecule has 1 aliphatic rings. The summed E-state index contributed by atoms with van der Waals surface area (Å²) in [5, 5.41) is 0. The molecule has 0 radical (unpaired) electrons. The van der Waals surface area contributed by atoms with Crippen molar-refractivity contribution in [3.63, 3.8) is 0 Å². The molecule has 0 fully saturated rings. The van der Waals surface area contributed by atoms with Gasteiger partial charge in [-0.2, -0.15) is 0 Å². The topological polar surface area (TPSA) is 34.1 Å². The van der Waals surface area contributed by atoms with Gasteiger partial charge in [0.1, 0.15) is 0 Å². The van der Waals surface area contributed by atoms with E-state index in [4.69, 9.17) is 0 Å². The molecular formula is C5H7BF3KO2S. The molecule has 0 saturated carbocycles. The third-order valence-corrected chi connectivity index (χ3v) is 3.22. The molecule has 0 aliphatic carbocycles. The van der Waals surface area contributed by atoms with Crippen molar-refractivity contribution in [3.8, 4) is 0 Å². The van der Waals surface area contributed by atoms with Gasteiger partial charge in [-0.15, -0.1) is 11.5 Å². The second kappa shape index (κ2) is 4.80. The standard InChI is InChI=1S/C5H7BF3O2S.K/c7-6(8,9)5-1-3-12(10,11)4-2-5;/h1H,2-4H2;/q-1;+1. The van der Waals surface area contributed by atoms with Gasteiger partial charge in [0.25, 0.3) is 0 Å². The van der Waals surface area contributed by atoms with Gasteiger partial charge in [-0.05, 0) is 6.42 Å². The van der Waals surface area contributed by atoms with E-state index in [9.17, 15) is 21.4 Å². The summed E-state index contributed by atoms with van der Waals surface area (Å²) in [5.41, 5.74) is -0.662. The Balaban J connectivity index is 0.00000144. The van der Waals surface area contributed by atoms with Gasteiger partial charge >= 0.3 is 58.4 Å². The Bertz CT molecular complexity index is 308. The van der Waals surface area contributed by atoms with Crippen LogP contribution in [0.15, 0.2) is 11.5 Å². The van der Waals surface area contributed by atoms with E-state index < -0.39 is 28.0 Å². The Morgan fingerprint density at radius 3 is 2.15 bits per heavy atom. The minimum absolute atomic E-state index is 0. The second-order valence-corrected chi connectivity index (χ2v) is 4.95. The summed E-state index contributed by atoms with van der Waals surface area (Å²) in [4.78, 5) is 0. The van der Waals surface area contributed by atoms with Crippen LogP contribution in [-0.2, 0) is 9.84 Å². The van der Waals surface area contributed by atoms with Crippen LogP contribution in [0.1, 0.15) is 6.42 Å². The van der Waals surface area contributed by atoms with Crippen molar-refractivity contribution in [2.24, 2.45) is 0 Å². The minimum atomic E-state index is -4.98. The number of hydrogen-bond acceptors (Lipinski definition) is 2. The zero-order valence-electron chi connectivity index (χ0n) is 7.13. The number of allylic oxidation sites excluding steroid dienone is 1. The predicted molar refractivity (Wildman–Crippen MR) is 40.4 cm³/mol. The Labute approximate surface area is 117 Å². The molecule has 1 aliphatic heterocycles. The number of rotatable bonds is 1. The summed E-state index contributed by atoms with van der Waals surface area (Å²) in [6.45, 7) is -4.98. The van der Waals surface area contributed by atoms with Gasteiger partial charge in [0, 0.05) is 0 Å². The molecule has 2 nitrogen and oxygen atoms in total. The van der Waals surface area contributed by atoms with Crippen molar-refractivity contribution >= 4 is 16.8 Å². The summed E-state index contributed by atoms with van der Waals surface area (Å²) in [6, 6.07) is 0. The zero-order valence-corrected chi connectivity index (χ0v) is 11.1. The van der Waals surface area contributed by atoms with E-state index in [-0.39, 0.29) is 63.6 Å². The van der Waals surface area contributed by atoms with Crippen molar-refractivity contribution in [1.29, 1.82) is 0 Å². The van der Waals surface area contributed by atoms with Crippen LogP contribution in [0.25, 0.3) is 0 Å². The SMILES string of the molecule is O=S1(=O)CC=C([B-](F)(F)F)CC1.[K+]. The summed E-state index contributed by atoms with van der Waals surface area (Å²) in [5.74, 6) is -0.844. The molecule has 1 heterocycles. The Morgan fingerprint density at radius 2 is 1.85 bits per heavy atom. The summed E-state index contributed by atoms with van der Waals surface area (Å²) in [7, 11) is -3.24. The molecule has 70 valence electrons. The van der Waals surface area contributed by atoms with Crippen LogP contribution >= 0.6 is 0 Å². The Kier molecular flexibility index (Phi) is 5.24. The maximum atomic E-state index is 12.0. The Hall–Kier alpha value is 1.18. The third kappa shape index (κ3) is 4.48. The smallest absolute Gasteiger partial charge is 0.445 e. The maximum absolute atomic E-state index is 12.0. The monoisotopic (exact) mass is 238 g/mol. The molecule has 0 aromatic heterocycles. The second-order valence-electron chi connectivity index (χ2n) is 2.72. The quantitative estimate of drug-likeness (QED) is 0.501. The number of hydrogen-bond donors (Lipinski definition) is 0. The normalized spacial score (nSPS) is 21.6. The van der Waals surface area contributed by atoms with Crippen LogP contribution in [-0.4, -0.2) is 26.9 Å². The van der Waals surface area contributed by atoms with Gasteiger partial charge in [0.2, 0.25) is 0 Å². The van der Waals surface area contributed by atoms with Gasteiger partial charge in [-0.3, -0.25) is 0 Å². The van der Waals surface area contributed by atoms with Crippen molar-refractivity contribution in [1.82, 2.24) is 0 Å². The summed E-state index contributed by atoms with van der Waals surface area (Å²) >= 11 is 0. The van der Waals surface area contributed by atoms with Crippen LogP contribution in [0.5, 0.6) is 0 Å². The van der Waals surface area contributed by atoms with Gasteiger partial charge in [-0.1, -0.05) is 0 Å². The fourth-order valence-electron chi connectivity index (χ4n) is 0.990. The van der Waals surface area contributed by atoms with Crippen LogP contribution < -0.4 is 51.4 Å². The molecule has 0 saturated heterocycles. The first-order chi connectivity index (χ1) is 5.31. The van der Waals surface area contributed by atoms with Crippen molar-refractivity contribution in [2.45, 2.75) is 6.42 Å². The third-order valence-electron chi connectivity index (χ3n) is 1.72. The molecule has 0 unspecified atom stereocenters. The number of halogens is 3. The van der Waals surface area contributed by atoms with E-state index in [1.165, 1.54) is 0 Å². The van der Waals surface area contributed by atoms with E-state index in [1.54, 1.807) is 0 Å². The first-order valence-electron chi connectivity index (χ1n) is 3.40. The van der Waals surface area contributed by atoms with Crippen molar-refractivity contribution < 1.29 is 72.7 Å². The molecule has 13 heavy (non-hydrogen) atoms. The minimum Gasteiger partial charge on any atom is -0.445 e. The first-order valence-corrected chi connectivity index (χ1v) is 5.23. The summed E-state index contributed by atoms with van der Waals surface area (Å²) in [6.07, 6.45) is 0.394. The fourth-order valence-corrected chi connectivity index (χ4v) is 2.17. The van der Waals surface area contributed by atoms with E-state index in [2.05, 4.69) is 0 Å². The van der Waals surface area contributed by atoms with Crippen molar-refractivity contribution in [2.75, 3.05) is 11.5 Å². The zero-order chi connectivity index (χ0) is 9.41. The largest absolute Gasteiger partial charge is 1.00 e. The van der Waals surface area contributed by atoms with E-state index in [1.807, 2.05) is 0 Å². The number of sulfone groups is 1. The van der Waals surface area contributed by atoms with Crippen LogP contribution in [0.2, 0.25) is 0 Å². The molecule has 0 amide bonds. The Morgan fingerprint density at radius 1 is 1.31 bits per heavy atom. The molecule has 0 spiro atoms. The molecule has 0 bridgehead atoms. The maximum Gasteiger partial charge on any atom is 1.00 e. The molecule has 1 rings (SSSR count). The van der Waals surface area contributed by atoms with Gasteiger partial charge in [0.05, 0.1) is 11.5 Å². The van der Waals surface area contributed by atoms with Crippen LogP contribution in [0.4, 0.5) is 12.9 Å². The molecule has 0 N–H and O–H groups in total. The molecule has 0 aromatic rings. The average molecular weight is 238 g/mol. The van der Waals surface area contributed by atoms with Gasteiger partial charge < -0.3 is 12.9 Å². The molecule has 0 atom stereocenters. The molecule has 8 heteroatoms. The van der Waals surface area contributed by atoms with E-state index in [0.29, 0.717) is 0 Å². The molecule has 0 aromatic carbocycles. The van der Waals surface area contributed by atoms with E-state index in [0.717, 1.165) is 6.08 Å². The van der Waals surface area contributed by atoms with E-state index >= 15 is 0 Å². The fraction of sp³-hybridized carbons (Fsp3) is 0.600. The molecular weight excluding hydrogens is 231 g/mol. The predicted octanol–water partition coefficient (Wildman–Crippen LogP) is -1.88. The average Bonchev–Trinajstić information content (AvgIpc) is 1.83. The van der Waals surface area contributed by atoms with Gasteiger partial charge in [-0.25, -0.2) is 8.42 Å². The van der Waals surface area contributed by atoms with Crippen molar-refractivity contribution in [3.05, 3.63) is 11.5 Å². The summed E-state index contributed by atoms with van der Waals surface area (Å²) < 4.78 is 57.4. The van der Waals surface area contributed by atoms with Crippen LogP contribution in [0, 0.1) is 0 Å². The van der Waals surface area contributed by atoms with Crippen LogP contribution in [0.3, 0.4) is 0 Å². The van der Waals surface area contributed by atoms with Gasteiger partial charge in [0.15, 0.2) is 9.84 Å².